The third-order valence-electron chi connectivity index (χ3n) is 8.59. The maximum atomic E-state index is 2.71. The van der Waals surface area contributed by atoms with Crippen LogP contribution in [-0.4, -0.2) is 49.6 Å². The Morgan fingerprint density at radius 3 is 2.07 bits per heavy atom. The van der Waals surface area contributed by atoms with E-state index in [0.717, 1.165) is 23.7 Å². The van der Waals surface area contributed by atoms with Gasteiger partial charge in [0, 0.05) is 26.2 Å². The predicted molar refractivity (Wildman–Crippen MR) is 113 cm³/mol. The Labute approximate surface area is 166 Å². The first kappa shape index (κ1) is 18.2. The summed E-state index contributed by atoms with van der Waals surface area (Å²) in [5.41, 5.74) is 2.29. The van der Waals surface area contributed by atoms with Gasteiger partial charge in [-0.2, -0.15) is 0 Å². The van der Waals surface area contributed by atoms with E-state index in [4.69, 9.17) is 0 Å². The minimum absolute atomic E-state index is 0.637. The van der Waals surface area contributed by atoms with Crippen LogP contribution in [0.15, 0.2) is 30.3 Å². The van der Waals surface area contributed by atoms with Gasteiger partial charge in [0.15, 0.2) is 0 Å². The largest absolute Gasteiger partial charge is 0.304 e. The molecule has 0 N–H and O–H groups in total. The zero-order chi connectivity index (χ0) is 18.3. The van der Waals surface area contributed by atoms with E-state index in [-0.39, 0.29) is 0 Å². The molecule has 5 aliphatic rings. The van der Waals surface area contributed by atoms with Crippen molar-refractivity contribution in [1.82, 2.24) is 9.80 Å². The minimum Gasteiger partial charge on any atom is -0.304 e. The molecule has 1 atom stereocenters. The summed E-state index contributed by atoms with van der Waals surface area (Å²) in [6.07, 6.45) is 12.1. The molecule has 148 valence electrons. The SMILES string of the molecule is CN1CCN(CCCC(c2ccccc2)C23CC4CC(CC(C4)C2)C3)CC1. The molecule has 1 aliphatic heterocycles. The normalized spacial score (nSPS) is 37.6. The van der Waals surface area contributed by atoms with Crippen LogP contribution in [0, 0.1) is 23.2 Å². The zero-order valence-electron chi connectivity index (χ0n) is 17.3. The second-order valence-electron chi connectivity index (χ2n) is 10.5. The van der Waals surface area contributed by atoms with Gasteiger partial charge in [-0.05, 0) is 99.6 Å². The van der Waals surface area contributed by atoms with Crippen LogP contribution in [0.25, 0.3) is 0 Å². The van der Waals surface area contributed by atoms with E-state index in [1.807, 2.05) is 0 Å². The van der Waals surface area contributed by atoms with Crippen LogP contribution in [-0.2, 0) is 0 Å². The molecule has 1 unspecified atom stereocenters. The van der Waals surface area contributed by atoms with Crippen molar-refractivity contribution in [3.8, 4) is 0 Å². The van der Waals surface area contributed by atoms with E-state index in [2.05, 4.69) is 47.2 Å². The molecule has 27 heavy (non-hydrogen) atoms. The van der Waals surface area contributed by atoms with Gasteiger partial charge in [-0.25, -0.2) is 0 Å². The fourth-order valence-corrected chi connectivity index (χ4v) is 7.71. The van der Waals surface area contributed by atoms with Crippen LogP contribution < -0.4 is 0 Å². The molecule has 4 bridgehead atoms. The van der Waals surface area contributed by atoms with Crippen molar-refractivity contribution in [2.24, 2.45) is 23.2 Å². The molecule has 0 radical (unpaired) electrons. The Hall–Kier alpha value is -0.860. The summed E-state index contributed by atoms with van der Waals surface area (Å²) in [5, 5.41) is 0. The molecule has 0 spiro atoms. The first-order chi connectivity index (χ1) is 13.2. The predicted octanol–water partition coefficient (Wildman–Crippen LogP) is 5.01. The lowest BCUT2D eigenvalue weighted by Gasteiger charge is -2.60. The van der Waals surface area contributed by atoms with Gasteiger partial charge in [0.2, 0.25) is 0 Å². The first-order valence-corrected chi connectivity index (χ1v) is 11.7. The van der Waals surface area contributed by atoms with E-state index < -0.39 is 0 Å². The van der Waals surface area contributed by atoms with Crippen LogP contribution in [0.3, 0.4) is 0 Å². The maximum Gasteiger partial charge on any atom is 0.0110 e. The van der Waals surface area contributed by atoms with Crippen LogP contribution in [0.4, 0.5) is 0 Å². The number of hydrogen-bond donors (Lipinski definition) is 0. The summed E-state index contributed by atoms with van der Waals surface area (Å²) >= 11 is 0. The highest BCUT2D eigenvalue weighted by molar-refractivity contribution is 5.24. The lowest BCUT2D eigenvalue weighted by molar-refractivity contribution is -0.0707. The molecule has 5 fully saturated rings. The van der Waals surface area contributed by atoms with E-state index in [1.165, 1.54) is 64.8 Å². The summed E-state index contributed by atoms with van der Waals surface area (Å²) in [4.78, 5) is 5.18. The van der Waals surface area contributed by atoms with Crippen LogP contribution in [0.1, 0.15) is 62.8 Å². The molecule has 2 nitrogen and oxygen atoms in total. The smallest absolute Gasteiger partial charge is 0.0110 e. The number of benzene rings is 1. The monoisotopic (exact) mass is 366 g/mol. The summed E-state index contributed by atoms with van der Waals surface area (Å²) in [6.45, 7) is 6.34. The third kappa shape index (κ3) is 3.72. The average Bonchev–Trinajstić information content (AvgIpc) is 2.66. The van der Waals surface area contributed by atoms with Crippen LogP contribution in [0.2, 0.25) is 0 Å². The van der Waals surface area contributed by atoms with Gasteiger partial charge in [-0.15, -0.1) is 0 Å². The van der Waals surface area contributed by atoms with Gasteiger partial charge in [-0.3, -0.25) is 0 Å². The number of piperazine rings is 1. The zero-order valence-corrected chi connectivity index (χ0v) is 17.3. The van der Waals surface area contributed by atoms with E-state index in [1.54, 1.807) is 24.8 Å². The lowest BCUT2D eigenvalue weighted by Crippen LogP contribution is -2.49. The van der Waals surface area contributed by atoms with Crippen molar-refractivity contribution in [2.75, 3.05) is 39.8 Å². The fourth-order valence-electron chi connectivity index (χ4n) is 7.71. The second kappa shape index (κ2) is 7.52. The van der Waals surface area contributed by atoms with Crippen LogP contribution >= 0.6 is 0 Å². The Morgan fingerprint density at radius 2 is 1.48 bits per heavy atom. The molecule has 1 aromatic carbocycles. The second-order valence-corrected chi connectivity index (χ2v) is 10.5. The first-order valence-electron chi connectivity index (χ1n) is 11.7. The van der Waals surface area contributed by atoms with Crippen LogP contribution in [0.5, 0.6) is 0 Å². The van der Waals surface area contributed by atoms with Crippen molar-refractivity contribution in [2.45, 2.75) is 57.3 Å². The van der Waals surface area contributed by atoms with E-state index in [0.29, 0.717) is 5.41 Å². The van der Waals surface area contributed by atoms with Crippen molar-refractivity contribution in [3.63, 3.8) is 0 Å². The van der Waals surface area contributed by atoms with Crippen molar-refractivity contribution >= 4 is 0 Å². The fraction of sp³-hybridized carbons (Fsp3) is 0.760. The summed E-state index contributed by atoms with van der Waals surface area (Å²) in [5.74, 6) is 3.97. The quantitative estimate of drug-likeness (QED) is 0.698. The molecule has 4 saturated carbocycles. The molecule has 0 aromatic heterocycles. The van der Waals surface area contributed by atoms with Gasteiger partial charge in [0.25, 0.3) is 0 Å². The molecule has 1 heterocycles. The number of nitrogens with zero attached hydrogens (tertiary/aromatic N) is 2. The Morgan fingerprint density at radius 1 is 0.889 bits per heavy atom. The Kier molecular flexibility index (Phi) is 5.06. The number of rotatable bonds is 6. The van der Waals surface area contributed by atoms with Gasteiger partial charge in [0.05, 0.1) is 0 Å². The molecule has 4 aliphatic carbocycles. The van der Waals surface area contributed by atoms with Crippen molar-refractivity contribution in [3.05, 3.63) is 35.9 Å². The molecular weight excluding hydrogens is 328 g/mol. The van der Waals surface area contributed by atoms with Gasteiger partial charge in [0.1, 0.15) is 0 Å². The highest BCUT2D eigenvalue weighted by atomic mass is 15.2. The molecule has 2 heteroatoms. The van der Waals surface area contributed by atoms with Gasteiger partial charge in [-0.1, -0.05) is 30.3 Å². The molecule has 0 amide bonds. The molecular formula is C25H38N2. The maximum absolute atomic E-state index is 2.71. The highest BCUT2D eigenvalue weighted by Crippen LogP contribution is 2.65. The molecule has 1 aromatic rings. The molecule has 6 rings (SSSR count). The molecule has 1 saturated heterocycles. The van der Waals surface area contributed by atoms with E-state index in [9.17, 15) is 0 Å². The third-order valence-corrected chi connectivity index (χ3v) is 8.59. The van der Waals surface area contributed by atoms with Gasteiger partial charge >= 0.3 is 0 Å². The number of hydrogen-bond acceptors (Lipinski definition) is 2. The standard InChI is InChI=1S/C25H38N2/c1-26-10-12-27(13-11-26)9-5-8-24(23-6-3-2-4-7-23)25-17-20-14-21(18-25)16-22(15-20)19-25/h2-4,6-7,20-22,24H,5,8-19H2,1H3. The van der Waals surface area contributed by atoms with Crippen molar-refractivity contribution in [1.29, 1.82) is 0 Å². The minimum atomic E-state index is 0.637. The summed E-state index contributed by atoms with van der Waals surface area (Å²) < 4.78 is 0. The summed E-state index contributed by atoms with van der Waals surface area (Å²) in [6, 6.07) is 11.6. The highest BCUT2D eigenvalue weighted by Gasteiger charge is 2.54. The van der Waals surface area contributed by atoms with Gasteiger partial charge < -0.3 is 9.80 Å². The van der Waals surface area contributed by atoms with E-state index >= 15 is 0 Å². The number of likely N-dealkylation sites (N-methyl/N-ethyl adjacent to an activating group) is 1. The summed E-state index contributed by atoms with van der Waals surface area (Å²) in [7, 11) is 2.26. The topological polar surface area (TPSA) is 6.48 Å². The Bertz CT molecular complexity index is 581. The Balaban J connectivity index is 1.30. The lowest BCUT2D eigenvalue weighted by atomic mass is 9.45. The average molecular weight is 367 g/mol. The van der Waals surface area contributed by atoms with Crippen molar-refractivity contribution < 1.29 is 0 Å².